The molecule has 11 heavy (non-hydrogen) atoms. The van der Waals surface area contributed by atoms with Crippen LogP contribution in [0.4, 0.5) is 0 Å². The Labute approximate surface area is 70.4 Å². The quantitative estimate of drug-likeness (QED) is 0.622. The summed E-state index contributed by atoms with van der Waals surface area (Å²) >= 11 is 0. The molecule has 0 aliphatic carbocycles. The van der Waals surface area contributed by atoms with Gasteiger partial charge in [0.05, 0.1) is 0 Å². The maximum Gasteiger partial charge on any atom is 0.0494 e. The fourth-order valence-electron chi connectivity index (χ4n) is 0.569. The van der Waals surface area contributed by atoms with E-state index in [1.54, 1.807) is 6.21 Å². The number of rotatable bonds is 3. The summed E-state index contributed by atoms with van der Waals surface area (Å²) in [5.74, 6) is 0. The summed E-state index contributed by atoms with van der Waals surface area (Å²) in [6.07, 6.45) is 3.79. The van der Waals surface area contributed by atoms with Gasteiger partial charge >= 0.3 is 0 Å². The van der Waals surface area contributed by atoms with Crippen LogP contribution in [0.2, 0.25) is 0 Å². The van der Waals surface area contributed by atoms with Crippen molar-refractivity contribution >= 4 is 6.21 Å². The third-order valence-electron chi connectivity index (χ3n) is 0.986. The van der Waals surface area contributed by atoms with Gasteiger partial charge in [0, 0.05) is 18.5 Å². The molecule has 0 aromatic heterocycles. The summed E-state index contributed by atoms with van der Waals surface area (Å²) in [5.41, 5.74) is 1.08. The second-order valence-corrected chi connectivity index (χ2v) is 1.70. The normalized spacial score (nSPS) is 11.2. The van der Waals surface area contributed by atoms with Gasteiger partial charge in [-0.15, -0.1) is 0 Å². The standard InChI is InChI=1S/C7H14N2.C2H6/c1-4-7(6-8-3)9-5-2;1-2/h4-5,8H,6H2,1-3H3;1-2H3/b7-4-,9-5?;. The first-order valence-corrected chi connectivity index (χ1v) is 4.13. The third-order valence-corrected chi connectivity index (χ3v) is 0.986. The lowest BCUT2D eigenvalue weighted by Gasteiger charge is -1.96. The van der Waals surface area contributed by atoms with E-state index >= 15 is 0 Å². The molecule has 0 saturated heterocycles. The molecule has 0 aliphatic heterocycles. The van der Waals surface area contributed by atoms with Crippen LogP contribution >= 0.6 is 0 Å². The zero-order valence-electron chi connectivity index (χ0n) is 8.31. The molecule has 0 bridgehead atoms. The molecule has 0 amide bonds. The van der Waals surface area contributed by atoms with Crippen molar-refractivity contribution in [3.05, 3.63) is 11.8 Å². The van der Waals surface area contributed by atoms with Gasteiger partial charge in [0.25, 0.3) is 0 Å². The van der Waals surface area contributed by atoms with Crippen LogP contribution in [-0.2, 0) is 0 Å². The topological polar surface area (TPSA) is 24.4 Å². The number of aliphatic imine (C=N–C) groups is 1. The molecule has 2 heteroatoms. The lowest BCUT2D eigenvalue weighted by Crippen LogP contribution is -2.08. The fraction of sp³-hybridized carbons (Fsp3) is 0.667. The first-order chi connectivity index (χ1) is 5.35. The van der Waals surface area contributed by atoms with Crippen molar-refractivity contribution < 1.29 is 0 Å². The van der Waals surface area contributed by atoms with Crippen LogP contribution in [0.5, 0.6) is 0 Å². The lowest BCUT2D eigenvalue weighted by atomic mass is 10.4. The molecule has 0 unspecified atom stereocenters. The average Bonchev–Trinajstić information content (AvgIpc) is 2.08. The zero-order valence-corrected chi connectivity index (χ0v) is 8.31. The van der Waals surface area contributed by atoms with Gasteiger partial charge in [0.2, 0.25) is 0 Å². The molecule has 0 saturated carbocycles. The minimum Gasteiger partial charge on any atom is -0.314 e. The van der Waals surface area contributed by atoms with Crippen molar-refractivity contribution in [2.75, 3.05) is 13.6 Å². The van der Waals surface area contributed by atoms with Crippen molar-refractivity contribution in [2.24, 2.45) is 4.99 Å². The maximum absolute atomic E-state index is 4.11. The molecule has 0 aromatic carbocycles. The minimum absolute atomic E-state index is 0.848. The average molecular weight is 156 g/mol. The van der Waals surface area contributed by atoms with Crippen LogP contribution in [0.25, 0.3) is 0 Å². The third kappa shape index (κ3) is 9.37. The van der Waals surface area contributed by atoms with E-state index in [0.29, 0.717) is 0 Å². The first-order valence-electron chi connectivity index (χ1n) is 4.13. The fourth-order valence-corrected chi connectivity index (χ4v) is 0.569. The number of allylic oxidation sites excluding steroid dienone is 1. The van der Waals surface area contributed by atoms with E-state index < -0.39 is 0 Å². The monoisotopic (exact) mass is 156 g/mol. The Balaban J connectivity index is 0. The summed E-state index contributed by atoms with van der Waals surface area (Å²) in [5, 5.41) is 3.02. The predicted molar refractivity (Wildman–Crippen MR) is 53.2 cm³/mol. The Morgan fingerprint density at radius 2 is 1.91 bits per heavy atom. The molecule has 0 fully saturated rings. The molecule has 0 rings (SSSR count). The molecule has 1 N–H and O–H groups in total. The van der Waals surface area contributed by atoms with E-state index in [4.69, 9.17) is 0 Å². The van der Waals surface area contributed by atoms with Crippen molar-refractivity contribution in [3.8, 4) is 0 Å². The van der Waals surface area contributed by atoms with E-state index in [2.05, 4.69) is 10.3 Å². The highest BCUT2D eigenvalue weighted by Gasteiger charge is 1.84. The van der Waals surface area contributed by atoms with Crippen LogP contribution in [0.1, 0.15) is 27.7 Å². The van der Waals surface area contributed by atoms with Gasteiger partial charge in [0.1, 0.15) is 0 Å². The molecular formula is C9H20N2. The van der Waals surface area contributed by atoms with Crippen molar-refractivity contribution in [3.63, 3.8) is 0 Å². The number of likely N-dealkylation sites (N-methyl/N-ethyl adjacent to an activating group) is 1. The zero-order chi connectivity index (χ0) is 9.11. The second-order valence-electron chi connectivity index (χ2n) is 1.70. The van der Waals surface area contributed by atoms with Gasteiger partial charge < -0.3 is 5.32 Å². The summed E-state index contributed by atoms with van der Waals surface area (Å²) in [6, 6.07) is 0. The second kappa shape index (κ2) is 12.1. The highest BCUT2D eigenvalue weighted by atomic mass is 14.9. The van der Waals surface area contributed by atoms with E-state index in [-0.39, 0.29) is 0 Å². The molecular weight excluding hydrogens is 136 g/mol. The smallest absolute Gasteiger partial charge is 0.0494 e. The molecule has 0 atom stereocenters. The highest BCUT2D eigenvalue weighted by Crippen LogP contribution is 1.91. The van der Waals surface area contributed by atoms with Crippen LogP contribution in [-0.4, -0.2) is 19.8 Å². The largest absolute Gasteiger partial charge is 0.314 e. The maximum atomic E-state index is 4.11. The Kier molecular flexibility index (Phi) is 14.3. The molecule has 2 nitrogen and oxygen atoms in total. The molecule has 0 heterocycles. The van der Waals surface area contributed by atoms with Gasteiger partial charge in [-0.25, -0.2) is 0 Å². The summed E-state index contributed by atoms with van der Waals surface area (Å²) in [7, 11) is 1.91. The Morgan fingerprint density at radius 1 is 1.36 bits per heavy atom. The predicted octanol–water partition coefficient (Wildman–Crippen LogP) is 2.23. The highest BCUT2D eigenvalue weighted by molar-refractivity contribution is 5.55. The van der Waals surface area contributed by atoms with Gasteiger partial charge in [-0.2, -0.15) is 0 Å². The summed E-state index contributed by atoms with van der Waals surface area (Å²) in [4.78, 5) is 4.11. The van der Waals surface area contributed by atoms with Crippen LogP contribution in [0.15, 0.2) is 16.8 Å². The van der Waals surface area contributed by atoms with Crippen molar-refractivity contribution in [1.82, 2.24) is 5.32 Å². The Morgan fingerprint density at radius 3 is 2.18 bits per heavy atom. The van der Waals surface area contributed by atoms with Gasteiger partial charge in [-0.1, -0.05) is 19.9 Å². The molecule has 0 aromatic rings. The van der Waals surface area contributed by atoms with Gasteiger partial charge in [-0.05, 0) is 20.9 Å². The van der Waals surface area contributed by atoms with Crippen molar-refractivity contribution in [2.45, 2.75) is 27.7 Å². The summed E-state index contributed by atoms with van der Waals surface area (Å²) < 4.78 is 0. The minimum atomic E-state index is 0.848. The van der Waals surface area contributed by atoms with Crippen LogP contribution in [0.3, 0.4) is 0 Å². The number of nitrogens with zero attached hydrogens (tertiary/aromatic N) is 1. The van der Waals surface area contributed by atoms with E-state index in [0.717, 1.165) is 12.2 Å². The summed E-state index contributed by atoms with van der Waals surface area (Å²) in [6.45, 7) is 8.75. The Hall–Kier alpha value is -0.630. The van der Waals surface area contributed by atoms with Crippen LogP contribution in [0, 0.1) is 0 Å². The first kappa shape index (κ1) is 13.0. The lowest BCUT2D eigenvalue weighted by molar-refractivity contribution is 0.870. The van der Waals surface area contributed by atoms with Gasteiger partial charge in [-0.3, -0.25) is 4.99 Å². The molecule has 0 radical (unpaired) electrons. The van der Waals surface area contributed by atoms with E-state index in [1.165, 1.54) is 0 Å². The molecule has 66 valence electrons. The number of hydrogen-bond donors (Lipinski definition) is 1. The van der Waals surface area contributed by atoms with Crippen LogP contribution < -0.4 is 5.32 Å². The number of nitrogens with one attached hydrogen (secondary N) is 1. The van der Waals surface area contributed by atoms with E-state index in [1.807, 2.05) is 40.8 Å². The number of hydrogen-bond acceptors (Lipinski definition) is 2. The SMILES string of the molecule is CC.CC=N/C(=C\C)CNC. The van der Waals surface area contributed by atoms with Gasteiger partial charge in [0.15, 0.2) is 0 Å². The van der Waals surface area contributed by atoms with Crippen molar-refractivity contribution in [1.29, 1.82) is 0 Å². The van der Waals surface area contributed by atoms with E-state index in [9.17, 15) is 0 Å². The molecule has 0 aliphatic rings. The molecule has 0 spiro atoms. The Bertz CT molecular complexity index is 115.